The van der Waals surface area contributed by atoms with Crippen LogP contribution in [0.3, 0.4) is 0 Å². The monoisotopic (exact) mass is 940 g/mol. The highest BCUT2D eigenvalue weighted by Gasteiger charge is 2.40. The first-order chi connectivity index (χ1) is 32.7. The van der Waals surface area contributed by atoms with Gasteiger partial charge < -0.3 is 47.5 Å². The van der Waals surface area contributed by atoms with Crippen LogP contribution in [0.25, 0.3) is 10.9 Å². The van der Waals surface area contributed by atoms with E-state index in [1.54, 1.807) is 11.6 Å². The van der Waals surface area contributed by atoms with Crippen LogP contribution >= 0.6 is 0 Å². The van der Waals surface area contributed by atoms with Crippen molar-refractivity contribution >= 4 is 58.2 Å². The second-order valence-corrected chi connectivity index (χ2v) is 17.9. The van der Waals surface area contributed by atoms with Crippen LogP contribution in [0.1, 0.15) is 95.1 Å². The van der Waals surface area contributed by atoms with Gasteiger partial charge >= 0.3 is 0 Å². The summed E-state index contributed by atoms with van der Waals surface area (Å²) in [4.78, 5) is 118. The molecule has 21 heteroatoms. The van der Waals surface area contributed by atoms with Crippen LogP contribution in [0, 0.1) is 16.0 Å². The quantitative estimate of drug-likeness (QED) is 0.0363. The summed E-state index contributed by atoms with van der Waals surface area (Å²) in [7, 11) is 0. The summed E-state index contributed by atoms with van der Waals surface area (Å²) in [5.74, 6) is -4.28. The number of nitrogens with two attached hydrogens (primary N) is 1. The van der Waals surface area contributed by atoms with Gasteiger partial charge in [-0.15, -0.1) is 0 Å². The van der Waals surface area contributed by atoms with E-state index < -0.39 is 88.6 Å². The molecular formula is C47H64N12O9. The number of hydrogen-bond donors (Lipinski definition) is 9. The van der Waals surface area contributed by atoms with Crippen LogP contribution in [0.2, 0.25) is 0 Å². The van der Waals surface area contributed by atoms with E-state index in [-0.39, 0.29) is 64.1 Å². The Morgan fingerprint density at radius 3 is 2.31 bits per heavy atom. The zero-order valence-electron chi connectivity index (χ0n) is 38.4. The van der Waals surface area contributed by atoms with Gasteiger partial charge in [0.05, 0.1) is 0 Å². The van der Waals surface area contributed by atoms with Gasteiger partial charge in [-0.3, -0.25) is 33.6 Å². The van der Waals surface area contributed by atoms with Gasteiger partial charge in [0.15, 0.2) is 5.03 Å². The lowest BCUT2D eigenvalue weighted by Gasteiger charge is -2.32. The minimum absolute atomic E-state index is 0.00408. The SMILES string of the molecule is CC(=O)N[C@@H](Cc1ccccc1)C(=O)N[C@H]1CCCNC(=O)[C@H](CCCN=C(N)N[N+](=O)[O-])NC(=O)[C@H](Cc2c[nH]c3ccccc23)NC(=O)[C@@H](CC2CCCCC2)NC(=O)[C@@H]2CCCN2C1=O. The smallest absolute Gasteiger partial charge is 0.251 e. The van der Waals surface area contributed by atoms with E-state index in [0.717, 1.165) is 54.1 Å². The number of aromatic amines is 1. The van der Waals surface area contributed by atoms with E-state index in [9.17, 15) is 43.7 Å². The Bertz CT molecular complexity index is 2300. The average Bonchev–Trinajstić information content (AvgIpc) is 3.98. The highest BCUT2D eigenvalue weighted by Crippen LogP contribution is 2.28. The number of carbonyl (C=O) groups is 7. The molecule has 68 heavy (non-hydrogen) atoms. The van der Waals surface area contributed by atoms with Crippen molar-refractivity contribution in [3.05, 3.63) is 82.0 Å². The lowest BCUT2D eigenvalue weighted by Crippen LogP contribution is -2.60. The predicted molar refractivity (Wildman–Crippen MR) is 252 cm³/mol. The number of fused-ring (bicyclic) bond motifs is 2. The normalized spacial score (nSPS) is 23.2. The second-order valence-electron chi connectivity index (χ2n) is 17.9. The standard InChI is InChI=1S/C47H64N12O9/c1-29(60)52-37(25-30-13-4-2-5-14-30)42(62)54-36-20-11-22-49-41(61)35(19-10-23-50-47(48)57-59(67)68)53-44(64)39(27-32-28-51-34-18-9-8-17-33(32)34)55-43(63)38(26-31-15-6-3-7-16-31)56-45(65)40-21-12-24-58(40)46(36)66/h2,4-5,8-9,13-14,17-18,28,31,35-40,51H,3,6-7,10-12,15-16,19-27H2,1H3,(H,49,61)(H,52,60)(H,53,64)(H,54,62)(H,55,63)(H,56,65)(H3,48,50,57)/t35-,36-,37-,38+,39-,40-/m0/s1. The maximum atomic E-state index is 14.6. The van der Waals surface area contributed by atoms with Crippen LogP contribution in [0.15, 0.2) is 65.8 Å². The Hall–Kier alpha value is -7.06. The number of nitro groups is 1. The van der Waals surface area contributed by atoms with Crippen molar-refractivity contribution in [2.45, 2.75) is 133 Å². The van der Waals surface area contributed by atoms with Crippen molar-refractivity contribution < 1.29 is 38.6 Å². The largest absolute Gasteiger partial charge is 0.365 e. The molecule has 1 saturated carbocycles. The number of aromatic nitrogens is 1. The molecule has 10 N–H and O–H groups in total. The summed E-state index contributed by atoms with van der Waals surface area (Å²) in [5.41, 5.74) is 9.69. The molecule has 0 unspecified atom stereocenters. The fraction of sp³-hybridized carbons (Fsp3) is 0.532. The first-order valence-corrected chi connectivity index (χ1v) is 23.6. The van der Waals surface area contributed by atoms with E-state index in [4.69, 9.17) is 5.73 Å². The maximum absolute atomic E-state index is 14.6. The Morgan fingerprint density at radius 1 is 0.853 bits per heavy atom. The Kier molecular flexibility index (Phi) is 18.2. The molecule has 0 spiro atoms. The highest BCUT2D eigenvalue weighted by atomic mass is 16.7. The molecule has 6 atom stereocenters. The van der Waals surface area contributed by atoms with Gasteiger partial charge in [0, 0.05) is 56.5 Å². The number of nitrogens with zero attached hydrogens (tertiary/aromatic N) is 3. The van der Waals surface area contributed by atoms with Crippen molar-refractivity contribution in [2.75, 3.05) is 19.6 Å². The van der Waals surface area contributed by atoms with E-state index >= 15 is 0 Å². The molecule has 1 aromatic heterocycles. The number of carbonyl (C=O) groups excluding carboxylic acids is 7. The summed E-state index contributed by atoms with van der Waals surface area (Å²) < 4.78 is 0. The van der Waals surface area contributed by atoms with Crippen molar-refractivity contribution in [1.29, 1.82) is 0 Å². The molecule has 7 amide bonds. The predicted octanol–water partition coefficient (Wildman–Crippen LogP) is 1.14. The van der Waals surface area contributed by atoms with Crippen LogP contribution in [-0.4, -0.2) is 118 Å². The number of H-pyrrole nitrogens is 1. The lowest BCUT2D eigenvalue weighted by atomic mass is 9.84. The van der Waals surface area contributed by atoms with Gasteiger partial charge in [-0.25, -0.2) is 15.1 Å². The summed E-state index contributed by atoms with van der Waals surface area (Å²) >= 11 is 0. The maximum Gasteiger partial charge on any atom is 0.251 e. The average molecular weight is 941 g/mol. The highest BCUT2D eigenvalue weighted by molar-refractivity contribution is 5.98. The molecule has 3 aromatic rings. The van der Waals surface area contributed by atoms with Crippen molar-refractivity contribution in [3.8, 4) is 0 Å². The molecule has 1 aliphatic carbocycles. The van der Waals surface area contributed by atoms with Gasteiger partial charge in [-0.2, -0.15) is 0 Å². The minimum atomic E-state index is -1.21. The molecule has 0 bridgehead atoms. The number of benzene rings is 2. The minimum Gasteiger partial charge on any atom is -0.365 e. The van der Waals surface area contributed by atoms with Crippen molar-refractivity contribution in [3.63, 3.8) is 0 Å². The van der Waals surface area contributed by atoms with Crippen molar-refractivity contribution in [2.24, 2.45) is 16.6 Å². The molecule has 3 fully saturated rings. The number of aliphatic imine (C=N–C) groups is 1. The van der Waals surface area contributed by atoms with Gasteiger partial charge in [0.2, 0.25) is 41.4 Å². The first-order valence-electron chi connectivity index (χ1n) is 23.6. The molecule has 3 heterocycles. The van der Waals surface area contributed by atoms with Crippen LogP contribution in [0.4, 0.5) is 0 Å². The Morgan fingerprint density at radius 2 is 1.56 bits per heavy atom. The number of amides is 7. The zero-order chi connectivity index (χ0) is 48.6. The number of rotatable bonds is 14. The Balaban J connectivity index is 1.31. The zero-order valence-corrected chi connectivity index (χ0v) is 38.4. The Labute approximate surface area is 394 Å². The van der Waals surface area contributed by atoms with E-state index in [1.165, 1.54) is 11.8 Å². The molecule has 6 rings (SSSR count). The molecule has 2 saturated heterocycles. The topological polar surface area (TPSA) is 304 Å². The summed E-state index contributed by atoms with van der Waals surface area (Å²) in [6.45, 7) is 1.48. The van der Waals surface area contributed by atoms with E-state index in [0.29, 0.717) is 19.3 Å². The molecule has 0 radical (unpaired) electrons. The molecule has 21 nitrogen and oxygen atoms in total. The van der Waals surface area contributed by atoms with Gasteiger partial charge in [0.1, 0.15) is 36.3 Å². The molecule has 366 valence electrons. The molecular weight excluding hydrogens is 877 g/mol. The van der Waals surface area contributed by atoms with Crippen LogP contribution in [0.5, 0.6) is 0 Å². The van der Waals surface area contributed by atoms with Gasteiger partial charge in [-0.05, 0) is 68.1 Å². The first kappa shape index (κ1) is 50.4. The summed E-state index contributed by atoms with van der Waals surface area (Å²) in [6.07, 6.45) is 8.11. The van der Waals surface area contributed by atoms with E-state index in [2.05, 4.69) is 41.9 Å². The molecule has 3 aliphatic rings. The molecule has 2 aromatic carbocycles. The van der Waals surface area contributed by atoms with E-state index in [1.807, 2.05) is 54.6 Å². The third-order valence-corrected chi connectivity index (χ3v) is 12.8. The van der Waals surface area contributed by atoms with Gasteiger partial charge in [0.25, 0.3) is 5.96 Å². The fourth-order valence-electron chi connectivity index (χ4n) is 9.40. The van der Waals surface area contributed by atoms with Crippen molar-refractivity contribution in [1.82, 2.24) is 47.2 Å². The number of para-hydroxylation sites is 1. The third-order valence-electron chi connectivity index (χ3n) is 12.8. The van der Waals surface area contributed by atoms with Crippen LogP contribution in [-0.2, 0) is 46.4 Å². The number of guanidine groups is 1. The number of nitrogens with one attached hydrogen (secondary N) is 8. The number of hydrazine groups is 1. The lowest BCUT2D eigenvalue weighted by molar-refractivity contribution is -0.525. The second kappa shape index (κ2) is 24.6. The van der Waals surface area contributed by atoms with Gasteiger partial charge in [-0.1, -0.05) is 86.1 Å². The fourth-order valence-corrected chi connectivity index (χ4v) is 9.40. The number of hydrogen-bond acceptors (Lipinski definition) is 10. The summed E-state index contributed by atoms with van der Waals surface area (Å²) in [6, 6.07) is 9.94. The summed E-state index contributed by atoms with van der Waals surface area (Å²) in [5, 5.41) is 27.9. The molecule has 2 aliphatic heterocycles. The van der Waals surface area contributed by atoms with Crippen LogP contribution < -0.4 is 43.1 Å². The third kappa shape index (κ3) is 14.5.